The molecule has 33 heavy (non-hydrogen) atoms. The highest BCUT2D eigenvalue weighted by Crippen LogP contribution is 2.44. The van der Waals surface area contributed by atoms with Gasteiger partial charge in [-0.05, 0) is 67.8 Å². The Balaban J connectivity index is 1.70. The topological polar surface area (TPSA) is 83.6 Å². The van der Waals surface area contributed by atoms with E-state index in [9.17, 15) is 19.1 Å². The molecule has 1 aliphatic rings. The van der Waals surface area contributed by atoms with Crippen LogP contribution in [-0.4, -0.2) is 21.8 Å². The Morgan fingerprint density at radius 2 is 1.94 bits per heavy atom. The molecule has 1 aliphatic heterocycles. The average molecular weight is 463 g/mol. The van der Waals surface area contributed by atoms with Gasteiger partial charge >= 0.3 is 0 Å². The van der Waals surface area contributed by atoms with Gasteiger partial charge in [-0.25, -0.2) is 9.37 Å². The summed E-state index contributed by atoms with van der Waals surface area (Å²) in [6.07, 6.45) is 0. The second-order valence-corrected chi connectivity index (χ2v) is 9.07. The van der Waals surface area contributed by atoms with Gasteiger partial charge in [-0.1, -0.05) is 29.5 Å². The van der Waals surface area contributed by atoms with Gasteiger partial charge in [0.25, 0.3) is 5.91 Å². The third-order valence-corrected chi connectivity index (χ3v) is 6.61. The van der Waals surface area contributed by atoms with Gasteiger partial charge in [0.1, 0.15) is 11.6 Å². The predicted octanol–water partition coefficient (Wildman–Crippen LogP) is 5.74. The number of aliphatic hydroxyl groups is 1. The lowest BCUT2D eigenvalue weighted by atomic mass is 9.95. The highest BCUT2D eigenvalue weighted by molar-refractivity contribution is 7.22. The van der Waals surface area contributed by atoms with Crippen molar-refractivity contribution in [3.05, 3.63) is 93.9 Å². The first-order valence-corrected chi connectivity index (χ1v) is 11.1. The highest BCUT2D eigenvalue weighted by atomic mass is 32.1. The van der Waals surface area contributed by atoms with E-state index in [0.717, 1.165) is 21.3 Å². The summed E-state index contributed by atoms with van der Waals surface area (Å²) in [5.74, 6) is -2.14. The van der Waals surface area contributed by atoms with Crippen LogP contribution in [0.5, 0.6) is 0 Å². The summed E-state index contributed by atoms with van der Waals surface area (Å²) in [5, 5.41) is 11.1. The van der Waals surface area contributed by atoms with Crippen molar-refractivity contribution in [3.8, 4) is 0 Å². The van der Waals surface area contributed by atoms with E-state index in [4.69, 9.17) is 4.42 Å². The number of ketones is 1. The number of anilines is 1. The third kappa shape index (κ3) is 3.43. The fourth-order valence-electron chi connectivity index (χ4n) is 4.18. The molecule has 2 aromatic heterocycles. The first-order valence-electron chi connectivity index (χ1n) is 10.3. The highest BCUT2D eigenvalue weighted by Gasteiger charge is 2.46. The summed E-state index contributed by atoms with van der Waals surface area (Å²) in [7, 11) is 0. The molecule has 0 saturated carbocycles. The quantitative estimate of drug-likeness (QED) is 0.391. The minimum absolute atomic E-state index is 0.0131. The summed E-state index contributed by atoms with van der Waals surface area (Å²) >= 11 is 1.27. The SMILES string of the molecule is Cc1cc(C)c2nc(N3C(=O)C(O)=C(C(=O)c4ccc(C)o4)C3c3cccc(F)c3)sc2c1. The molecule has 6 nitrogen and oxygen atoms in total. The molecule has 166 valence electrons. The Morgan fingerprint density at radius 1 is 1.15 bits per heavy atom. The van der Waals surface area contributed by atoms with Crippen LogP contribution in [-0.2, 0) is 4.79 Å². The smallest absolute Gasteiger partial charge is 0.296 e. The number of carbonyl (C=O) groups excluding carboxylic acids is 2. The van der Waals surface area contributed by atoms with Gasteiger partial charge in [-0.2, -0.15) is 0 Å². The Bertz CT molecular complexity index is 1480. The second-order valence-electron chi connectivity index (χ2n) is 8.06. The molecule has 4 aromatic rings. The maximum atomic E-state index is 14.2. The zero-order valence-electron chi connectivity index (χ0n) is 18.0. The van der Waals surface area contributed by atoms with E-state index in [2.05, 4.69) is 4.98 Å². The average Bonchev–Trinajstić information content (AvgIpc) is 3.44. The van der Waals surface area contributed by atoms with E-state index >= 15 is 0 Å². The van der Waals surface area contributed by atoms with Crippen LogP contribution in [0.15, 0.2) is 64.3 Å². The monoisotopic (exact) mass is 462 g/mol. The minimum atomic E-state index is -1.06. The maximum Gasteiger partial charge on any atom is 0.296 e. The first kappa shape index (κ1) is 21.1. The molecule has 0 aliphatic carbocycles. The third-order valence-electron chi connectivity index (χ3n) is 5.61. The summed E-state index contributed by atoms with van der Waals surface area (Å²) in [6.45, 7) is 5.59. The van der Waals surface area contributed by atoms with Crippen molar-refractivity contribution >= 4 is 38.4 Å². The number of hydrogen-bond acceptors (Lipinski definition) is 6. The molecule has 5 rings (SSSR count). The minimum Gasteiger partial charge on any atom is -0.503 e. The number of hydrogen-bond donors (Lipinski definition) is 1. The Morgan fingerprint density at radius 3 is 2.64 bits per heavy atom. The normalized spacial score (nSPS) is 16.3. The number of nitrogens with zero attached hydrogens (tertiary/aromatic N) is 2. The van der Waals surface area contributed by atoms with Crippen LogP contribution in [0.4, 0.5) is 9.52 Å². The molecule has 0 spiro atoms. The van der Waals surface area contributed by atoms with E-state index in [1.807, 2.05) is 26.0 Å². The van der Waals surface area contributed by atoms with Crippen LogP contribution < -0.4 is 4.90 Å². The number of amides is 1. The van der Waals surface area contributed by atoms with Crippen molar-refractivity contribution in [2.75, 3.05) is 4.90 Å². The van der Waals surface area contributed by atoms with E-state index in [1.165, 1.54) is 40.5 Å². The van der Waals surface area contributed by atoms with E-state index in [0.29, 0.717) is 16.5 Å². The Kier molecular flexibility index (Phi) is 4.90. The van der Waals surface area contributed by atoms with Crippen LogP contribution in [0.25, 0.3) is 10.2 Å². The molecule has 0 radical (unpaired) electrons. The van der Waals surface area contributed by atoms with Crippen LogP contribution in [0.1, 0.15) is 39.0 Å². The molecule has 8 heteroatoms. The second kappa shape index (κ2) is 7.67. The summed E-state index contributed by atoms with van der Waals surface area (Å²) < 4.78 is 20.5. The molecule has 3 heterocycles. The molecule has 0 fully saturated rings. The number of fused-ring (bicyclic) bond motifs is 1. The number of halogens is 1. The lowest BCUT2D eigenvalue weighted by Gasteiger charge is -2.24. The van der Waals surface area contributed by atoms with E-state index in [1.54, 1.807) is 19.1 Å². The standard InChI is InChI=1S/C25H19FN2O4S/c1-12-9-13(2)20-18(10-12)33-25(27-20)28-21(15-5-4-6-16(26)11-15)19(23(30)24(28)31)22(29)17-8-7-14(3)32-17/h4-11,21,30H,1-3H3. The Labute approximate surface area is 192 Å². The number of aryl methyl sites for hydroxylation is 3. The lowest BCUT2D eigenvalue weighted by molar-refractivity contribution is -0.117. The Hall–Kier alpha value is -3.78. The fourth-order valence-corrected chi connectivity index (χ4v) is 5.35. The van der Waals surface area contributed by atoms with Crippen molar-refractivity contribution in [1.29, 1.82) is 0 Å². The van der Waals surface area contributed by atoms with Gasteiger partial charge in [-0.3, -0.25) is 14.5 Å². The number of aliphatic hydroxyl groups excluding tert-OH is 1. The van der Waals surface area contributed by atoms with Crippen molar-refractivity contribution in [1.82, 2.24) is 4.98 Å². The van der Waals surface area contributed by atoms with E-state index in [-0.39, 0.29) is 11.3 Å². The predicted molar refractivity (Wildman–Crippen MR) is 123 cm³/mol. The number of furan rings is 1. The first-order chi connectivity index (χ1) is 15.7. The van der Waals surface area contributed by atoms with Gasteiger partial charge < -0.3 is 9.52 Å². The molecule has 1 atom stereocenters. The van der Waals surface area contributed by atoms with Gasteiger partial charge in [-0.15, -0.1) is 0 Å². The molecule has 0 bridgehead atoms. The number of thiazole rings is 1. The van der Waals surface area contributed by atoms with Crippen molar-refractivity contribution in [2.45, 2.75) is 26.8 Å². The van der Waals surface area contributed by atoms with Crippen LogP contribution in [0, 0.1) is 26.6 Å². The van der Waals surface area contributed by atoms with Gasteiger partial charge in [0.15, 0.2) is 16.7 Å². The number of benzene rings is 2. The number of rotatable bonds is 4. The van der Waals surface area contributed by atoms with E-state index < -0.39 is 29.3 Å². The van der Waals surface area contributed by atoms with Gasteiger partial charge in [0.05, 0.1) is 21.8 Å². The summed E-state index contributed by atoms with van der Waals surface area (Å²) in [6, 6.07) is 11.6. The van der Waals surface area contributed by atoms with Gasteiger partial charge in [0.2, 0.25) is 5.78 Å². The molecule has 1 N–H and O–H groups in total. The largest absolute Gasteiger partial charge is 0.503 e. The maximum absolute atomic E-state index is 14.2. The molecule has 1 amide bonds. The lowest BCUT2D eigenvalue weighted by Crippen LogP contribution is -2.31. The zero-order valence-corrected chi connectivity index (χ0v) is 18.9. The summed E-state index contributed by atoms with van der Waals surface area (Å²) in [4.78, 5) is 32.5. The molecule has 2 aromatic carbocycles. The zero-order chi connectivity index (χ0) is 23.4. The molecule has 0 saturated heterocycles. The molecular weight excluding hydrogens is 443 g/mol. The number of aromatic nitrogens is 1. The van der Waals surface area contributed by atoms with Crippen LogP contribution in [0.2, 0.25) is 0 Å². The van der Waals surface area contributed by atoms with Crippen LogP contribution in [0.3, 0.4) is 0 Å². The molecular formula is C25H19FN2O4S. The fraction of sp³-hybridized carbons (Fsp3) is 0.160. The van der Waals surface area contributed by atoms with Crippen molar-refractivity contribution < 1.29 is 23.5 Å². The number of carbonyl (C=O) groups is 2. The van der Waals surface area contributed by atoms with Gasteiger partial charge in [0, 0.05) is 0 Å². The summed E-state index contributed by atoms with van der Waals surface area (Å²) in [5.41, 5.74) is 2.89. The van der Waals surface area contributed by atoms with Crippen LogP contribution >= 0.6 is 11.3 Å². The number of Topliss-reactive ketones (excluding diaryl/α,β-unsaturated/α-hetero) is 1. The molecule has 1 unspecified atom stereocenters. The van der Waals surface area contributed by atoms with Crippen molar-refractivity contribution in [2.24, 2.45) is 0 Å². The van der Waals surface area contributed by atoms with Crippen molar-refractivity contribution in [3.63, 3.8) is 0 Å².